The van der Waals surface area contributed by atoms with Crippen LogP contribution in [-0.4, -0.2) is 34.1 Å². The minimum Gasteiger partial charge on any atom is -0.302 e. The van der Waals surface area contributed by atoms with E-state index in [9.17, 15) is 9.59 Å². The van der Waals surface area contributed by atoms with Crippen molar-refractivity contribution in [2.45, 2.75) is 26.4 Å². The molecule has 1 N–H and O–H groups in total. The molecule has 0 aromatic heterocycles. The summed E-state index contributed by atoms with van der Waals surface area (Å²) < 4.78 is 0. The molecule has 1 aliphatic rings. The standard InChI is InChI=1S/C15H17N3O2S/c1-10(2)18-14(20)12(13(19)17-15(18)21)9-16-8-11-6-4-3-5-7-11/h3-7,9-10,12H,8H2,1-2H3,(H,17,19,21)/t12-/m1/s1. The van der Waals surface area contributed by atoms with Crippen LogP contribution in [0.1, 0.15) is 19.4 Å². The number of nitrogens with one attached hydrogen (secondary N) is 1. The fourth-order valence-electron chi connectivity index (χ4n) is 2.07. The Kier molecular flexibility index (Phi) is 4.80. The van der Waals surface area contributed by atoms with Crippen LogP contribution in [0.2, 0.25) is 0 Å². The van der Waals surface area contributed by atoms with Crippen molar-refractivity contribution < 1.29 is 9.59 Å². The summed E-state index contributed by atoms with van der Waals surface area (Å²) in [7, 11) is 0. The number of hydrogen-bond acceptors (Lipinski definition) is 4. The predicted molar refractivity (Wildman–Crippen MR) is 84.9 cm³/mol. The number of rotatable bonds is 4. The summed E-state index contributed by atoms with van der Waals surface area (Å²) in [5.41, 5.74) is 1.02. The molecule has 2 amide bonds. The van der Waals surface area contributed by atoms with Crippen molar-refractivity contribution in [3.63, 3.8) is 0 Å². The van der Waals surface area contributed by atoms with Gasteiger partial charge in [-0.1, -0.05) is 30.3 Å². The maximum atomic E-state index is 12.3. The van der Waals surface area contributed by atoms with Gasteiger partial charge in [0.2, 0.25) is 11.8 Å². The van der Waals surface area contributed by atoms with Gasteiger partial charge in [-0.05, 0) is 31.6 Å². The topological polar surface area (TPSA) is 61.8 Å². The third-order valence-electron chi connectivity index (χ3n) is 3.12. The maximum absolute atomic E-state index is 12.3. The van der Waals surface area contributed by atoms with Crippen molar-refractivity contribution >= 4 is 35.4 Å². The molecule has 2 rings (SSSR count). The van der Waals surface area contributed by atoms with Crippen molar-refractivity contribution in [2.75, 3.05) is 0 Å². The number of aliphatic imine (C=N–C) groups is 1. The van der Waals surface area contributed by atoms with Crippen LogP contribution in [-0.2, 0) is 16.1 Å². The number of thiocarbonyl (C=S) groups is 1. The predicted octanol–water partition coefficient (Wildman–Crippen LogP) is 1.53. The second-order valence-electron chi connectivity index (χ2n) is 5.05. The Bertz CT molecular complexity index is 584. The lowest BCUT2D eigenvalue weighted by Crippen LogP contribution is -2.60. The molecule has 110 valence electrons. The summed E-state index contributed by atoms with van der Waals surface area (Å²) in [5, 5.41) is 2.71. The Hall–Kier alpha value is -2.08. The highest BCUT2D eigenvalue weighted by atomic mass is 32.1. The number of carbonyl (C=O) groups excluding carboxylic acids is 2. The van der Waals surface area contributed by atoms with E-state index in [0.29, 0.717) is 6.54 Å². The fourth-order valence-corrected chi connectivity index (χ4v) is 2.47. The van der Waals surface area contributed by atoms with Gasteiger partial charge in [0.25, 0.3) is 0 Å². The van der Waals surface area contributed by atoms with Crippen LogP contribution in [0, 0.1) is 5.92 Å². The van der Waals surface area contributed by atoms with E-state index in [4.69, 9.17) is 12.2 Å². The minimum absolute atomic E-state index is 0.101. The summed E-state index contributed by atoms with van der Waals surface area (Å²) >= 11 is 5.03. The average Bonchev–Trinajstić information content (AvgIpc) is 2.42. The van der Waals surface area contributed by atoms with E-state index >= 15 is 0 Å². The molecule has 1 saturated heterocycles. The van der Waals surface area contributed by atoms with Gasteiger partial charge in [0.15, 0.2) is 11.0 Å². The molecule has 1 aliphatic heterocycles. The van der Waals surface area contributed by atoms with Gasteiger partial charge < -0.3 is 5.32 Å². The summed E-state index contributed by atoms with van der Waals surface area (Å²) in [5.74, 6) is -1.66. The smallest absolute Gasteiger partial charge is 0.247 e. The van der Waals surface area contributed by atoms with Gasteiger partial charge in [0.05, 0.1) is 6.54 Å². The SMILES string of the molecule is CC(C)N1C(=O)[C@H](C=NCc2ccccc2)C(=O)NC1=S. The molecule has 6 heteroatoms. The fraction of sp³-hybridized carbons (Fsp3) is 0.333. The van der Waals surface area contributed by atoms with Gasteiger partial charge in [0, 0.05) is 12.3 Å². The van der Waals surface area contributed by atoms with Crippen molar-refractivity contribution in [1.29, 1.82) is 0 Å². The lowest BCUT2D eigenvalue weighted by Gasteiger charge is -2.33. The van der Waals surface area contributed by atoms with E-state index in [2.05, 4.69) is 10.3 Å². The zero-order valence-electron chi connectivity index (χ0n) is 11.9. The van der Waals surface area contributed by atoms with E-state index in [1.54, 1.807) is 0 Å². The molecule has 0 unspecified atom stereocenters. The van der Waals surface area contributed by atoms with Crippen LogP contribution < -0.4 is 5.32 Å². The first-order valence-corrected chi connectivity index (χ1v) is 7.13. The van der Waals surface area contributed by atoms with Gasteiger partial charge in [-0.25, -0.2) is 0 Å². The molecule has 1 atom stereocenters. The highest BCUT2D eigenvalue weighted by Crippen LogP contribution is 2.13. The van der Waals surface area contributed by atoms with Crippen LogP contribution in [0.15, 0.2) is 35.3 Å². The normalized spacial score (nSPS) is 19.5. The summed E-state index contributed by atoms with van der Waals surface area (Å²) in [6, 6.07) is 9.54. The maximum Gasteiger partial charge on any atom is 0.247 e. The molecule has 1 aromatic carbocycles. The number of carbonyl (C=O) groups is 2. The van der Waals surface area contributed by atoms with Crippen molar-refractivity contribution in [3.05, 3.63) is 35.9 Å². The average molecular weight is 303 g/mol. The number of benzene rings is 1. The molecular formula is C15H17N3O2S. The van der Waals surface area contributed by atoms with Crippen LogP contribution in [0.25, 0.3) is 0 Å². The van der Waals surface area contributed by atoms with Gasteiger partial charge in [-0.15, -0.1) is 0 Å². The third kappa shape index (κ3) is 3.52. The molecule has 5 nitrogen and oxygen atoms in total. The zero-order valence-corrected chi connectivity index (χ0v) is 12.8. The van der Waals surface area contributed by atoms with Crippen LogP contribution in [0.5, 0.6) is 0 Å². The minimum atomic E-state index is -0.914. The zero-order chi connectivity index (χ0) is 15.4. The first kappa shape index (κ1) is 15.3. The summed E-state index contributed by atoms with van der Waals surface area (Å²) in [6.45, 7) is 4.13. The van der Waals surface area contributed by atoms with Crippen LogP contribution >= 0.6 is 12.2 Å². The molecule has 0 spiro atoms. The Labute approximate surface area is 129 Å². The highest BCUT2D eigenvalue weighted by Gasteiger charge is 2.38. The Morgan fingerprint density at radius 3 is 2.62 bits per heavy atom. The van der Waals surface area contributed by atoms with E-state index in [-0.39, 0.29) is 17.1 Å². The van der Waals surface area contributed by atoms with Gasteiger partial charge >= 0.3 is 0 Å². The van der Waals surface area contributed by atoms with Crippen molar-refractivity contribution in [3.8, 4) is 0 Å². The lowest BCUT2D eigenvalue weighted by atomic mass is 10.1. The molecule has 0 bridgehead atoms. The van der Waals surface area contributed by atoms with E-state index in [1.165, 1.54) is 11.1 Å². The number of amides is 2. The van der Waals surface area contributed by atoms with Crippen LogP contribution in [0.3, 0.4) is 0 Å². The van der Waals surface area contributed by atoms with Gasteiger partial charge in [0.1, 0.15) is 0 Å². The monoisotopic (exact) mass is 303 g/mol. The molecule has 1 aromatic rings. The molecule has 0 saturated carbocycles. The second-order valence-corrected chi connectivity index (χ2v) is 5.44. The van der Waals surface area contributed by atoms with Crippen LogP contribution in [0.4, 0.5) is 0 Å². The number of nitrogens with zero attached hydrogens (tertiary/aromatic N) is 2. The Morgan fingerprint density at radius 2 is 2.00 bits per heavy atom. The summed E-state index contributed by atoms with van der Waals surface area (Å²) in [4.78, 5) is 29.8. The van der Waals surface area contributed by atoms with Gasteiger partial charge in [-0.2, -0.15) is 0 Å². The van der Waals surface area contributed by atoms with E-state index < -0.39 is 11.8 Å². The Morgan fingerprint density at radius 1 is 1.33 bits per heavy atom. The largest absolute Gasteiger partial charge is 0.302 e. The highest BCUT2D eigenvalue weighted by molar-refractivity contribution is 7.80. The molecule has 1 fully saturated rings. The van der Waals surface area contributed by atoms with Crippen molar-refractivity contribution in [1.82, 2.24) is 10.2 Å². The van der Waals surface area contributed by atoms with Crippen molar-refractivity contribution in [2.24, 2.45) is 10.9 Å². The molecule has 1 heterocycles. The quantitative estimate of drug-likeness (QED) is 0.521. The third-order valence-corrected chi connectivity index (χ3v) is 3.42. The number of hydrogen-bond donors (Lipinski definition) is 1. The summed E-state index contributed by atoms with van der Waals surface area (Å²) in [6.07, 6.45) is 1.40. The molecule has 21 heavy (non-hydrogen) atoms. The van der Waals surface area contributed by atoms with E-state index in [0.717, 1.165) is 5.56 Å². The first-order valence-electron chi connectivity index (χ1n) is 6.72. The second kappa shape index (κ2) is 6.58. The molecular weight excluding hydrogens is 286 g/mol. The molecule has 0 aliphatic carbocycles. The Balaban J connectivity index is 2.09. The van der Waals surface area contributed by atoms with Gasteiger partial charge in [-0.3, -0.25) is 19.5 Å². The van der Waals surface area contributed by atoms with E-state index in [1.807, 2.05) is 44.2 Å². The molecule has 0 radical (unpaired) electrons. The lowest BCUT2D eigenvalue weighted by molar-refractivity contribution is -0.138. The first-order chi connectivity index (χ1) is 10.0.